The third-order valence-electron chi connectivity index (χ3n) is 3.68. The van der Waals surface area contributed by atoms with Crippen LogP contribution in [0.4, 0.5) is 5.69 Å². The van der Waals surface area contributed by atoms with Gasteiger partial charge in [-0.3, -0.25) is 19.8 Å². The molecule has 0 bridgehead atoms. The number of carbonyl (C=O) groups is 1. The molecule has 0 unspecified atom stereocenters. The van der Waals surface area contributed by atoms with E-state index in [1.807, 2.05) is 0 Å². The van der Waals surface area contributed by atoms with Gasteiger partial charge in [-0.2, -0.15) is 5.26 Å². The number of nitro benzene ring substituents is 1. The number of benzene rings is 1. The monoisotopic (exact) mass is 318 g/mol. The minimum atomic E-state index is -0.534. The Morgan fingerprint density at radius 2 is 2.00 bits per heavy atom. The van der Waals surface area contributed by atoms with Crippen LogP contribution in [0.15, 0.2) is 24.3 Å². The highest BCUT2D eigenvalue weighted by atomic mass is 16.6. The van der Waals surface area contributed by atoms with Crippen molar-refractivity contribution in [3.63, 3.8) is 0 Å². The molecule has 8 nitrogen and oxygen atoms in total. The van der Waals surface area contributed by atoms with Crippen molar-refractivity contribution < 1.29 is 14.5 Å². The van der Waals surface area contributed by atoms with Crippen molar-refractivity contribution in [2.45, 2.75) is 6.42 Å². The summed E-state index contributed by atoms with van der Waals surface area (Å²) in [5.41, 5.74) is -0.151. The zero-order chi connectivity index (χ0) is 16.7. The van der Waals surface area contributed by atoms with Crippen LogP contribution in [0.3, 0.4) is 0 Å². The summed E-state index contributed by atoms with van der Waals surface area (Å²) in [6.45, 7) is 3.08. The van der Waals surface area contributed by atoms with Crippen molar-refractivity contribution in [3.05, 3.63) is 34.4 Å². The van der Waals surface area contributed by atoms with Crippen molar-refractivity contribution in [2.75, 3.05) is 39.3 Å². The fourth-order valence-corrected chi connectivity index (χ4v) is 2.39. The maximum absolute atomic E-state index is 12.1. The summed E-state index contributed by atoms with van der Waals surface area (Å²) in [5.74, 6) is -0.0957. The summed E-state index contributed by atoms with van der Waals surface area (Å²) >= 11 is 0. The molecule has 1 aliphatic heterocycles. The Balaban J connectivity index is 1.82. The van der Waals surface area contributed by atoms with E-state index in [1.165, 1.54) is 12.1 Å². The Labute approximate surface area is 134 Å². The summed E-state index contributed by atoms with van der Waals surface area (Å²) in [4.78, 5) is 26.3. The smallest absolute Gasteiger partial charge is 0.310 e. The molecule has 0 aromatic heterocycles. The predicted molar refractivity (Wildman–Crippen MR) is 81.8 cm³/mol. The summed E-state index contributed by atoms with van der Waals surface area (Å²) in [6, 6.07) is 8.10. The molecule has 0 radical (unpaired) electrons. The van der Waals surface area contributed by atoms with E-state index in [2.05, 4.69) is 11.0 Å². The molecule has 0 saturated carbocycles. The van der Waals surface area contributed by atoms with Crippen LogP contribution in [0, 0.1) is 21.4 Å². The molecule has 0 atom stereocenters. The minimum Gasteiger partial charge on any atom is -0.477 e. The van der Waals surface area contributed by atoms with Crippen LogP contribution >= 0.6 is 0 Å². The van der Waals surface area contributed by atoms with Crippen LogP contribution in [0.25, 0.3) is 0 Å². The van der Waals surface area contributed by atoms with E-state index in [-0.39, 0.29) is 24.0 Å². The molecule has 122 valence electrons. The van der Waals surface area contributed by atoms with Gasteiger partial charge in [-0.15, -0.1) is 0 Å². The van der Waals surface area contributed by atoms with E-state index in [9.17, 15) is 14.9 Å². The summed E-state index contributed by atoms with van der Waals surface area (Å²) in [5, 5.41) is 19.5. The number of ether oxygens (including phenoxy) is 1. The highest BCUT2D eigenvalue weighted by molar-refractivity contribution is 5.78. The van der Waals surface area contributed by atoms with Gasteiger partial charge in [0.15, 0.2) is 12.4 Å². The minimum absolute atomic E-state index is 0.0958. The lowest BCUT2D eigenvalue weighted by molar-refractivity contribution is -0.385. The molecular formula is C15H18N4O4. The van der Waals surface area contributed by atoms with Gasteiger partial charge in [0, 0.05) is 45.2 Å². The van der Waals surface area contributed by atoms with Gasteiger partial charge >= 0.3 is 5.69 Å². The average Bonchev–Trinajstić information content (AvgIpc) is 2.58. The lowest BCUT2D eigenvalue weighted by Gasteiger charge is -2.34. The third kappa shape index (κ3) is 4.66. The number of hydrogen-bond donors (Lipinski definition) is 0. The van der Waals surface area contributed by atoms with Crippen molar-refractivity contribution in [1.82, 2.24) is 9.80 Å². The first-order valence-electron chi connectivity index (χ1n) is 7.35. The second kappa shape index (κ2) is 8.10. The number of nitro groups is 1. The fourth-order valence-electron chi connectivity index (χ4n) is 2.39. The van der Waals surface area contributed by atoms with Gasteiger partial charge in [0.25, 0.3) is 5.91 Å². The van der Waals surface area contributed by atoms with Gasteiger partial charge in [0.2, 0.25) is 0 Å². The molecule has 8 heteroatoms. The third-order valence-corrected chi connectivity index (χ3v) is 3.68. The largest absolute Gasteiger partial charge is 0.477 e. The van der Waals surface area contributed by atoms with Crippen molar-refractivity contribution in [2.24, 2.45) is 0 Å². The molecule has 2 rings (SSSR count). The Hall–Kier alpha value is -2.66. The van der Waals surface area contributed by atoms with Crippen molar-refractivity contribution >= 4 is 11.6 Å². The van der Waals surface area contributed by atoms with Crippen molar-refractivity contribution in [3.8, 4) is 11.8 Å². The molecule has 0 aliphatic carbocycles. The molecule has 1 aromatic carbocycles. The van der Waals surface area contributed by atoms with Gasteiger partial charge in [-0.05, 0) is 6.07 Å². The van der Waals surface area contributed by atoms with Crippen LogP contribution in [0.2, 0.25) is 0 Å². The molecular weight excluding hydrogens is 300 g/mol. The van der Waals surface area contributed by atoms with Crippen LogP contribution < -0.4 is 4.74 Å². The van der Waals surface area contributed by atoms with Crippen molar-refractivity contribution in [1.29, 1.82) is 5.26 Å². The first-order valence-corrected chi connectivity index (χ1v) is 7.35. The molecule has 1 amide bonds. The van der Waals surface area contributed by atoms with Gasteiger partial charge in [-0.25, -0.2) is 0 Å². The number of nitrogens with zero attached hydrogens (tertiary/aromatic N) is 4. The number of carbonyl (C=O) groups excluding carboxylic acids is 1. The van der Waals surface area contributed by atoms with Gasteiger partial charge in [0.1, 0.15) is 0 Å². The van der Waals surface area contributed by atoms with Crippen LogP contribution in [-0.2, 0) is 4.79 Å². The van der Waals surface area contributed by atoms with E-state index >= 15 is 0 Å². The summed E-state index contributed by atoms with van der Waals surface area (Å²) in [6.07, 6.45) is 0.481. The highest BCUT2D eigenvalue weighted by Crippen LogP contribution is 2.25. The zero-order valence-electron chi connectivity index (χ0n) is 12.7. The highest BCUT2D eigenvalue weighted by Gasteiger charge is 2.22. The van der Waals surface area contributed by atoms with E-state index in [0.29, 0.717) is 26.1 Å². The predicted octanol–water partition coefficient (Wildman–Crippen LogP) is 1.03. The standard InChI is InChI=1S/C15H18N4O4/c16-6-3-7-17-8-10-18(11-9-17)15(20)12-23-14-5-2-1-4-13(14)19(21)22/h1-2,4-5H,3,7-12H2. The lowest BCUT2D eigenvalue weighted by Crippen LogP contribution is -2.50. The van der Waals surface area contributed by atoms with Crippen LogP contribution in [0.5, 0.6) is 5.75 Å². The van der Waals surface area contributed by atoms with E-state index in [0.717, 1.165) is 13.1 Å². The Bertz CT molecular complexity index is 606. The normalized spacial score (nSPS) is 15.0. The molecule has 1 fully saturated rings. The van der Waals surface area contributed by atoms with Crippen LogP contribution in [-0.4, -0.2) is 60.0 Å². The number of piperazine rings is 1. The first-order chi connectivity index (χ1) is 11.1. The molecule has 0 N–H and O–H groups in total. The second-order valence-corrected chi connectivity index (χ2v) is 5.14. The number of amides is 1. The maximum atomic E-state index is 12.1. The number of rotatable bonds is 6. The number of hydrogen-bond acceptors (Lipinski definition) is 6. The fraction of sp³-hybridized carbons (Fsp3) is 0.467. The number of para-hydroxylation sites is 2. The van der Waals surface area contributed by atoms with E-state index < -0.39 is 4.92 Å². The molecule has 1 aromatic rings. The lowest BCUT2D eigenvalue weighted by atomic mass is 10.3. The molecule has 1 saturated heterocycles. The molecule has 0 spiro atoms. The number of nitriles is 1. The second-order valence-electron chi connectivity index (χ2n) is 5.14. The Morgan fingerprint density at radius 3 is 2.65 bits per heavy atom. The Morgan fingerprint density at radius 1 is 1.30 bits per heavy atom. The van der Waals surface area contributed by atoms with Gasteiger partial charge in [-0.1, -0.05) is 12.1 Å². The van der Waals surface area contributed by atoms with Gasteiger partial charge in [0.05, 0.1) is 11.0 Å². The topological polar surface area (TPSA) is 99.7 Å². The summed E-state index contributed by atoms with van der Waals surface area (Å²) < 4.78 is 5.32. The maximum Gasteiger partial charge on any atom is 0.310 e. The molecule has 23 heavy (non-hydrogen) atoms. The first kappa shape index (κ1) is 16.7. The van der Waals surface area contributed by atoms with Crippen LogP contribution in [0.1, 0.15) is 6.42 Å². The average molecular weight is 318 g/mol. The zero-order valence-corrected chi connectivity index (χ0v) is 12.7. The van der Waals surface area contributed by atoms with E-state index in [4.69, 9.17) is 10.00 Å². The quantitative estimate of drug-likeness (QED) is 0.574. The SMILES string of the molecule is N#CCCN1CCN(C(=O)COc2ccccc2[N+](=O)[O-])CC1. The Kier molecular flexibility index (Phi) is 5.88. The van der Waals surface area contributed by atoms with E-state index in [1.54, 1.807) is 17.0 Å². The van der Waals surface area contributed by atoms with Gasteiger partial charge < -0.3 is 9.64 Å². The molecule has 1 aliphatic rings. The summed E-state index contributed by atoms with van der Waals surface area (Å²) in [7, 11) is 0. The molecule has 1 heterocycles.